The first-order chi connectivity index (χ1) is 12.7. The second kappa shape index (κ2) is 6.84. The zero-order valence-electron chi connectivity index (χ0n) is 14.4. The van der Waals surface area contributed by atoms with E-state index in [9.17, 15) is 4.79 Å². The van der Waals surface area contributed by atoms with Crippen molar-refractivity contribution in [1.29, 1.82) is 0 Å². The Labute approximate surface area is 151 Å². The Morgan fingerprint density at radius 2 is 1.62 bits per heavy atom. The lowest BCUT2D eigenvalue weighted by Crippen LogP contribution is -2.03. The van der Waals surface area contributed by atoms with E-state index in [-0.39, 0.29) is 5.97 Å². The second-order valence-electron chi connectivity index (χ2n) is 6.11. The summed E-state index contributed by atoms with van der Waals surface area (Å²) in [5.41, 5.74) is 4.25. The summed E-state index contributed by atoms with van der Waals surface area (Å²) in [5, 5.41) is 0. The van der Waals surface area contributed by atoms with E-state index in [1.807, 2.05) is 48.5 Å². The first-order valence-corrected chi connectivity index (χ1v) is 8.49. The highest BCUT2D eigenvalue weighted by Crippen LogP contribution is 2.27. The number of nitrogens with zero attached hydrogens (tertiary/aromatic N) is 2. The summed E-state index contributed by atoms with van der Waals surface area (Å²) >= 11 is 0. The molecule has 0 radical (unpaired) electrons. The van der Waals surface area contributed by atoms with Crippen molar-refractivity contribution in [2.24, 2.45) is 0 Å². The molecular weight excluding hydrogens is 324 g/mol. The third-order valence-electron chi connectivity index (χ3n) is 4.21. The molecule has 3 aromatic carbocycles. The van der Waals surface area contributed by atoms with Crippen molar-refractivity contribution >= 4 is 17.0 Å². The smallest absolute Gasteiger partial charge is 0.308 e. The Balaban J connectivity index is 1.79. The van der Waals surface area contributed by atoms with E-state index in [2.05, 4.69) is 22.8 Å². The molecule has 0 spiro atoms. The SMILES string of the molecule is CC(=O)Oc1ccc(-c2nc3ccccc3n2Cc2ccccc2)cc1. The van der Waals surface area contributed by atoms with Gasteiger partial charge in [-0.2, -0.15) is 0 Å². The van der Waals surface area contributed by atoms with Gasteiger partial charge in [0.1, 0.15) is 11.6 Å². The standard InChI is InChI=1S/C22H18N2O2/c1-16(25)26-19-13-11-18(12-14-19)22-23-20-9-5-6-10-21(20)24(22)15-17-7-3-2-4-8-17/h2-14H,15H2,1H3. The molecule has 26 heavy (non-hydrogen) atoms. The summed E-state index contributed by atoms with van der Waals surface area (Å²) < 4.78 is 7.34. The van der Waals surface area contributed by atoms with Gasteiger partial charge in [0, 0.05) is 19.0 Å². The maximum absolute atomic E-state index is 11.1. The molecule has 4 heteroatoms. The van der Waals surface area contributed by atoms with E-state index in [0.717, 1.165) is 29.0 Å². The van der Waals surface area contributed by atoms with Crippen LogP contribution in [0.15, 0.2) is 78.9 Å². The minimum Gasteiger partial charge on any atom is -0.427 e. The molecule has 1 heterocycles. The number of para-hydroxylation sites is 2. The summed E-state index contributed by atoms with van der Waals surface area (Å²) in [6.07, 6.45) is 0. The van der Waals surface area contributed by atoms with Gasteiger partial charge in [0.2, 0.25) is 0 Å². The van der Waals surface area contributed by atoms with Gasteiger partial charge >= 0.3 is 5.97 Å². The van der Waals surface area contributed by atoms with Gasteiger partial charge in [0.15, 0.2) is 0 Å². The number of hydrogen-bond donors (Lipinski definition) is 0. The number of imidazole rings is 1. The van der Waals surface area contributed by atoms with Gasteiger partial charge in [-0.15, -0.1) is 0 Å². The topological polar surface area (TPSA) is 44.1 Å². The highest BCUT2D eigenvalue weighted by atomic mass is 16.5. The van der Waals surface area contributed by atoms with Crippen LogP contribution in [-0.4, -0.2) is 15.5 Å². The molecule has 0 bridgehead atoms. The molecule has 0 fully saturated rings. The molecule has 0 amide bonds. The van der Waals surface area contributed by atoms with Gasteiger partial charge in [-0.1, -0.05) is 42.5 Å². The van der Waals surface area contributed by atoms with Crippen molar-refractivity contribution in [3.63, 3.8) is 0 Å². The lowest BCUT2D eigenvalue weighted by molar-refractivity contribution is -0.131. The summed E-state index contributed by atoms with van der Waals surface area (Å²) in [4.78, 5) is 15.9. The molecule has 0 unspecified atom stereocenters. The Morgan fingerprint density at radius 1 is 0.923 bits per heavy atom. The molecule has 0 saturated heterocycles. The van der Waals surface area contributed by atoms with Gasteiger partial charge in [0.05, 0.1) is 11.0 Å². The Bertz CT molecular complexity index is 1050. The zero-order valence-corrected chi connectivity index (χ0v) is 14.4. The molecule has 4 aromatic rings. The molecule has 0 aliphatic heterocycles. The number of benzene rings is 3. The van der Waals surface area contributed by atoms with Crippen LogP contribution in [0.4, 0.5) is 0 Å². The Morgan fingerprint density at radius 3 is 2.35 bits per heavy atom. The average molecular weight is 342 g/mol. The van der Waals surface area contributed by atoms with Crippen LogP contribution < -0.4 is 4.74 Å². The minimum absolute atomic E-state index is 0.325. The normalized spacial score (nSPS) is 10.8. The van der Waals surface area contributed by atoms with Crippen LogP contribution in [0.2, 0.25) is 0 Å². The van der Waals surface area contributed by atoms with Gasteiger partial charge in [-0.05, 0) is 42.0 Å². The fourth-order valence-corrected chi connectivity index (χ4v) is 3.06. The number of carbonyl (C=O) groups excluding carboxylic acids is 1. The van der Waals surface area contributed by atoms with Crippen molar-refractivity contribution in [2.75, 3.05) is 0 Å². The first kappa shape index (κ1) is 16.1. The van der Waals surface area contributed by atoms with Crippen LogP contribution in [0.5, 0.6) is 5.75 Å². The van der Waals surface area contributed by atoms with Crippen molar-refractivity contribution in [3.8, 4) is 17.1 Å². The van der Waals surface area contributed by atoms with E-state index in [4.69, 9.17) is 9.72 Å². The number of carbonyl (C=O) groups is 1. The third kappa shape index (κ3) is 3.22. The maximum atomic E-state index is 11.1. The van der Waals surface area contributed by atoms with Crippen LogP contribution in [-0.2, 0) is 11.3 Å². The third-order valence-corrected chi connectivity index (χ3v) is 4.21. The van der Waals surface area contributed by atoms with Crippen LogP contribution in [0.1, 0.15) is 12.5 Å². The Hall–Kier alpha value is -3.40. The predicted molar refractivity (Wildman–Crippen MR) is 102 cm³/mol. The van der Waals surface area contributed by atoms with Crippen LogP contribution >= 0.6 is 0 Å². The zero-order chi connectivity index (χ0) is 17.9. The number of aromatic nitrogens is 2. The summed E-state index contributed by atoms with van der Waals surface area (Å²) in [6.45, 7) is 2.13. The lowest BCUT2D eigenvalue weighted by atomic mass is 10.2. The van der Waals surface area contributed by atoms with Crippen molar-refractivity contribution in [1.82, 2.24) is 9.55 Å². The van der Waals surface area contributed by atoms with Crippen LogP contribution in [0.3, 0.4) is 0 Å². The van der Waals surface area contributed by atoms with Gasteiger partial charge in [0.25, 0.3) is 0 Å². The van der Waals surface area contributed by atoms with E-state index < -0.39 is 0 Å². The average Bonchev–Trinajstić information content (AvgIpc) is 3.01. The number of fused-ring (bicyclic) bond motifs is 1. The molecule has 4 rings (SSSR count). The van der Waals surface area contributed by atoms with E-state index in [1.165, 1.54) is 12.5 Å². The molecule has 0 N–H and O–H groups in total. The number of esters is 1. The van der Waals surface area contributed by atoms with Gasteiger partial charge in [-0.3, -0.25) is 4.79 Å². The predicted octanol–water partition coefficient (Wildman–Crippen LogP) is 4.68. The molecule has 1 aromatic heterocycles. The van der Waals surface area contributed by atoms with Crippen molar-refractivity contribution in [3.05, 3.63) is 84.4 Å². The fraction of sp³-hybridized carbons (Fsp3) is 0.0909. The lowest BCUT2D eigenvalue weighted by Gasteiger charge is -2.10. The van der Waals surface area contributed by atoms with Crippen LogP contribution in [0.25, 0.3) is 22.4 Å². The van der Waals surface area contributed by atoms with E-state index in [1.54, 1.807) is 12.1 Å². The summed E-state index contributed by atoms with van der Waals surface area (Å²) in [5.74, 6) is 1.10. The Kier molecular flexibility index (Phi) is 4.23. The molecule has 128 valence electrons. The second-order valence-corrected chi connectivity index (χ2v) is 6.11. The fourth-order valence-electron chi connectivity index (χ4n) is 3.06. The number of ether oxygens (including phenoxy) is 1. The largest absolute Gasteiger partial charge is 0.427 e. The highest BCUT2D eigenvalue weighted by molar-refractivity contribution is 5.81. The molecule has 0 atom stereocenters. The minimum atomic E-state index is -0.325. The number of hydrogen-bond acceptors (Lipinski definition) is 3. The van der Waals surface area contributed by atoms with Crippen molar-refractivity contribution in [2.45, 2.75) is 13.5 Å². The quantitative estimate of drug-likeness (QED) is 0.400. The molecule has 0 aliphatic rings. The van der Waals surface area contributed by atoms with Crippen molar-refractivity contribution < 1.29 is 9.53 Å². The summed E-state index contributed by atoms with van der Waals surface area (Å²) in [7, 11) is 0. The summed E-state index contributed by atoms with van der Waals surface area (Å²) in [6, 6.07) is 25.9. The van der Waals surface area contributed by atoms with Crippen LogP contribution in [0, 0.1) is 0 Å². The first-order valence-electron chi connectivity index (χ1n) is 8.49. The molecular formula is C22H18N2O2. The highest BCUT2D eigenvalue weighted by Gasteiger charge is 2.13. The number of rotatable bonds is 4. The molecule has 0 saturated carbocycles. The van der Waals surface area contributed by atoms with Gasteiger partial charge in [-0.25, -0.2) is 4.98 Å². The van der Waals surface area contributed by atoms with E-state index in [0.29, 0.717) is 5.75 Å². The monoisotopic (exact) mass is 342 g/mol. The molecule has 4 nitrogen and oxygen atoms in total. The molecule has 0 aliphatic carbocycles. The maximum Gasteiger partial charge on any atom is 0.308 e. The van der Waals surface area contributed by atoms with Gasteiger partial charge < -0.3 is 9.30 Å². The van der Waals surface area contributed by atoms with E-state index >= 15 is 0 Å².